The predicted molar refractivity (Wildman–Crippen MR) is 81.7 cm³/mol. The first-order valence-corrected chi connectivity index (χ1v) is 7.18. The van der Waals surface area contributed by atoms with E-state index in [4.69, 9.17) is 0 Å². The number of thiophene rings is 1. The quantitative estimate of drug-likeness (QED) is 0.779. The molecule has 0 aliphatic rings. The zero-order chi connectivity index (χ0) is 13.2. The van der Waals surface area contributed by atoms with Crippen molar-refractivity contribution in [3.8, 4) is 0 Å². The monoisotopic (exact) mass is 268 g/mol. The van der Waals surface area contributed by atoms with E-state index in [1.54, 1.807) is 0 Å². The van der Waals surface area contributed by atoms with Crippen molar-refractivity contribution in [3.05, 3.63) is 64.8 Å². The Labute approximate surface area is 117 Å². The molecule has 0 saturated carbocycles. The highest BCUT2D eigenvalue weighted by atomic mass is 32.1. The molecular weight excluding hydrogens is 252 g/mol. The van der Waals surface area contributed by atoms with E-state index in [9.17, 15) is 0 Å². The summed E-state index contributed by atoms with van der Waals surface area (Å²) in [7, 11) is 1.99. The van der Waals surface area contributed by atoms with Gasteiger partial charge in [-0.25, -0.2) is 0 Å². The molecule has 2 heterocycles. The lowest BCUT2D eigenvalue weighted by molar-refractivity contribution is 0.700. The van der Waals surface area contributed by atoms with Gasteiger partial charge in [-0.2, -0.15) is 0 Å². The number of hydrogen-bond donors (Lipinski definition) is 1. The van der Waals surface area contributed by atoms with Gasteiger partial charge in [0.2, 0.25) is 0 Å². The van der Waals surface area contributed by atoms with Crippen LogP contribution in [-0.4, -0.2) is 12.0 Å². The van der Waals surface area contributed by atoms with Crippen LogP contribution in [0.15, 0.2) is 48.7 Å². The van der Waals surface area contributed by atoms with E-state index in [2.05, 4.69) is 52.8 Å². The molecule has 3 aromatic rings. The van der Waals surface area contributed by atoms with Crippen LogP contribution in [0.2, 0.25) is 0 Å². The van der Waals surface area contributed by atoms with E-state index >= 15 is 0 Å². The molecule has 0 amide bonds. The fraction of sp³-hybridized carbons (Fsp3) is 0.188. The van der Waals surface area contributed by atoms with Gasteiger partial charge >= 0.3 is 0 Å². The number of aromatic nitrogens is 1. The van der Waals surface area contributed by atoms with E-state index in [-0.39, 0.29) is 6.04 Å². The van der Waals surface area contributed by atoms with Gasteiger partial charge in [-0.3, -0.25) is 4.98 Å². The summed E-state index contributed by atoms with van der Waals surface area (Å²) in [5, 5.41) is 4.69. The first-order valence-electron chi connectivity index (χ1n) is 6.36. The molecule has 3 rings (SSSR count). The maximum atomic E-state index is 4.39. The average molecular weight is 268 g/mol. The Balaban J connectivity index is 2.04. The van der Waals surface area contributed by atoms with Gasteiger partial charge in [0.05, 0.1) is 6.04 Å². The number of nitrogens with one attached hydrogen (secondary N) is 1. The lowest BCUT2D eigenvalue weighted by Crippen LogP contribution is -2.16. The minimum absolute atomic E-state index is 0.213. The second kappa shape index (κ2) is 5.11. The maximum Gasteiger partial charge on any atom is 0.0684 e. The molecule has 0 aliphatic heterocycles. The Hall–Kier alpha value is -1.71. The Morgan fingerprint density at radius 1 is 1.16 bits per heavy atom. The number of aryl methyl sites for hydroxylation is 1. The van der Waals surface area contributed by atoms with Crippen LogP contribution in [0.1, 0.15) is 22.2 Å². The standard InChI is InChI=1S/C16H16N2S/c1-11-7-8-13(10-18-11)16(17-2)15-9-12-5-3-4-6-14(12)19-15/h3-10,16-17H,1-2H3. The zero-order valence-electron chi connectivity index (χ0n) is 11.1. The number of hydrogen-bond acceptors (Lipinski definition) is 3. The van der Waals surface area contributed by atoms with Crippen molar-refractivity contribution >= 4 is 21.4 Å². The van der Waals surface area contributed by atoms with E-state index in [0.29, 0.717) is 0 Å². The van der Waals surface area contributed by atoms with E-state index in [1.807, 2.05) is 31.5 Å². The Kier molecular flexibility index (Phi) is 3.32. The minimum atomic E-state index is 0.213. The first-order chi connectivity index (χ1) is 9.28. The highest BCUT2D eigenvalue weighted by molar-refractivity contribution is 7.19. The van der Waals surface area contributed by atoms with Crippen LogP contribution in [0.4, 0.5) is 0 Å². The lowest BCUT2D eigenvalue weighted by atomic mass is 10.1. The summed E-state index contributed by atoms with van der Waals surface area (Å²) >= 11 is 1.84. The molecule has 0 aliphatic carbocycles. The summed E-state index contributed by atoms with van der Waals surface area (Å²) in [5.74, 6) is 0. The first kappa shape index (κ1) is 12.3. The second-order valence-corrected chi connectivity index (χ2v) is 5.76. The predicted octanol–water partition coefficient (Wildman–Crippen LogP) is 3.91. The highest BCUT2D eigenvalue weighted by Gasteiger charge is 2.15. The van der Waals surface area contributed by atoms with E-state index in [0.717, 1.165) is 5.69 Å². The molecule has 2 aromatic heterocycles. The number of nitrogens with zero attached hydrogens (tertiary/aromatic N) is 1. The fourth-order valence-electron chi connectivity index (χ4n) is 2.27. The third-order valence-corrected chi connectivity index (χ3v) is 4.47. The summed E-state index contributed by atoms with van der Waals surface area (Å²) in [4.78, 5) is 5.72. The summed E-state index contributed by atoms with van der Waals surface area (Å²) in [6.07, 6.45) is 1.96. The van der Waals surface area contributed by atoms with Gasteiger partial charge in [-0.15, -0.1) is 11.3 Å². The Bertz CT molecular complexity index is 652. The van der Waals surface area contributed by atoms with Crippen LogP contribution in [0.5, 0.6) is 0 Å². The van der Waals surface area contributed by atoms with Crippen molar-refractivity contribution < 1.29 is 0 Å². The topological polar surface area (TPSA) is 24.9 Å². The number of rotatable bonds is 3. The third-order valence-electron chi connectivity index (χ3n) is 3.29. The van der Waals surface area contributed by atoms with Gasteiger partial charge in [0.1, 0.15) is 0 Å². The summed E-state index contributed by atoms with van der Waals surface area (Å²) in [6.45, 7) is 2.01. The fourth-order valence-corrected chi connectivity index (χ4v) is 3.47. The molecule has 1 atom stereocenters. The van der Waals surface area contributed by atoms with E-state index < -0.39 is 0 Å². The smallest absolute Gasteiger partial charge is 0.0684 e. The molecule has 0 fully saturated rings. The second-order valence-electron chi connectivity index (χ2n) is 4.64. The van der Waals surface area contributed by atoms with Crippen molar-refractivity contribution in [2.45, 2.75) is 13.0 Å². The van der Waals surface area contributed by atoms with Crippen LogP contribution in [0.25, 0.3) is 10.1 Å². The molecule has 19 heavy (non-hydrogen) atoms. The summed E-state index contributed by atoms with van der Waals surface area (Å²) < 4.78 is 1.33. The molecule has 0 saturated heterocycles. The molecule has 2 nitrogen and oxygen atoms in total. The van der Waals surface area contributed by atoms with Gasteiger partial charge in [0.15, 0.2) is 0 Å². The molecular formula is C16H16N2S. The van der Waals surface area contributed by atoms with Crippen molar-refractivity contribution in [1.29, 1.82) is 0 Å². The normalized spacial score (nSPS) is 12.7. The van der Waals surface area contributed by atoms with Crippen LogP contribution in [0, 0.1) is 6.92 Å². The summed E-state index contributed by atoms with van der Waals surface area (Å²) in [6, 6.07) is 15.2. The van der Waals surface area contributed by atoms with Crippen molar-refractivity contribution in [2.24, 2.45) is 0 Å². The average Bonchev–Trinajstić information content (AvgIpc) is 2.85. The molecule has 1 unspecified atom stereocenters. The molecule has 0 spiro atoms. The molecule has 3 heteroatoms. The van der Waals surface area contributed by atoms with Crippen molar-refractivity contribution in [1.82, 2.24) is 10.3 Å². The van der Waals surface area contributed by atoms with E-state index in [1.165, 1.54) is 20.5 Å². The highest BCUT2D eigenvalue weighted by Crippen LogP contribution is 2.32. The number of fused-ring (bicyclic) bond motifs is 1. The molecule has 96 valence electrons. The Morgan fingerprint density at radius 3 is 2.68 bits per heavy atom. The molecule has 1 aromatic carbocycles. The summed E-state index contributed by atoms with van der Waals surface area (Å²) in [5.41, 5.74) is 2.26. The molecule has 0 bridgehead atoms. The third kappa shape index (κ3) is 2.39. The minimum Gasteiger partial charge on any atom is -0.309 e. The van der Waals surface area contributed by atoms with Gasteiger partial charge in [-0.1, -0.05) is 24.3 Å². The van der Waals surface area contributed by atoms with Gasteiger partial charge in [0, 0.05) is 21.5 Å². The van der Waals surface area contributed by atoms with Crippen LogP contribution in [0.3, 0.4) is 0 Å². The SMILES string of the molecule is CNC(c1ccc(C)nc1)c1cc2ccccc2s1. The number of benzene rings is 1. The molecule has 0 radical (unpaired) electrons. The largest absolute Gasteiger partial charge is 0.309 e. The van der Waals surface area contributed by atoms with Crippen molar-refractivity contribution in [2.75, 3.05) is 7.05 Å². The Morgan fingerprint density at radius 2 is 2.00 bits per heavy atom. The van der Waals surface area contributed by atoms with Gasteiger partial charge in [-0.05, 0) is 43.1 Å². The lowest BCUT2D eigenvalue weighted by Gasteiger charge is -2.14. The number of pyridine rings is 1. The van der Waals surface area contributed by atoms with Crippen molar-refractivity contribution in [3.63, 3.8) is 0 Å². The van der Waals surface area contributed by atoms with Crippen LogP contribution < -0.4 is 5.32 Å². The zero-order valence-corrected chi connectivity index (χ0v) is 11.9. The maximum absolute atomic E-state index is 4.39. The van der Waals surface area contributed by atoms with Gasteiger partial charge < -0.3 is 5.32 Å². The van der Waals surface area contributed by atoms with Crippen LogP contribution >= 0.6 is 11.3 Å². The molecule has 1 N–H and O–H groups in total. The van der Waals surface area contributed by atoms with Crippen LogP contribution in [-0.2, 0) is 0 Å². The van der Waals surface area contributed by atoms with Gasteiger partial charge in [0.25, 0.3) is 0 Å².